The van der Waals surface area contributed by atoms with Gasteiger partial charge in [-0.25, -0.2) is 0 Å². The highest BCUT2D eigenvalue weighted by Gasteiger charge is 2.28. The van der Waals surface area contributed by atoms with E-state index in [0.29, 0.717) is 0 Å². The number of carbonyl (C=O) groups excluding carboxylic acids is 2. The lowest BCUT2D eigenvalue weighted by Crippen LogP contribution is -2.47. The molecule has 1 aromatic rings. The maximum Gasteiger partial charge on any atom is 0.241 e. The second-order valence-corrected chi connectivity index (χ2v) is 5.93. The molecule has 1 atom stereocenters. The fourth-order valence-electron chi connectivity index (χ4n) is 2.81. The normalized spacial score (nSPS) is 17.9. The Morgan fingerprint density at radius 2 is 1.86 bits per heavy atom. The molecule has 5 nitrogen and oxygen atoms in total. The van der Waals surface area contributed by atoms with E-state index in [-0.39, 0.29) is 23.8 Å². The van der Waals surface area contributed by atoms with E-state index >= 15 is 0 Å². The number of nitrogens with two attached hydrogens (primary N) is 1. The Labute approximate surface area is 131 Å². The monoisotopic (exact) mass is 303 g/mol. The van der Waals surface area contributed by atoms with Crippen LogP contribution in [0.3, 0.4) is 0 Å². The zero-order chi connectivity index (χ0) is 16.1. The van der Waals surface area contributed by atoms with Gasteiger partial charge in [0.2, 0.25) is 11.8 Å². The fraction of sp³-hybridized carbons (Fsp3) is 0.529. The fourth-order valence-corrected chi connectivity index (χ4v) is 2.81. The molecule has 0 aromatic heterocycles. The first-order valence-corrected chi connectivity index (χ1v) is 7.94. The third kappa shape index (κ3) is 4.07. The Bertz CT molecular complexity index is 519. The number of nitrogens with one attached hydrogen (secondary N) is 1. The van der Waals surface area contributed by atoms with Crippen LogP contribution in [-0.2, 0) is 16.0 Å². The minimum Gasteiger partial charge on any atom is -0.369 e. The maximum atomic E-state index is 12.3. The van der Waals surface area contributed by atoms with Crippen molar-refractivity contribution in [2.24, 2.45) is 11.7 Å². The van der Waals surface area contributed by atoms with Crippen LogP contribution >= 0.6 is 0 Å². The highest BCUT2D eigenvalue weighted by Crippen LogP contribution is 2.19. The van der Waals surface area contributed by atoms with Crippen molar-refractivity contribution in [3.05, 3.63) is 29.8 Å². The Balaban J connectivity index is 1.88. The zero-order valence-electron chi connectivity index (χ0n) is 13.3. The number of carbonyl (C=O) groups is 2. The summed E-state index contributed by atoms with van der Waals surface area (Å²) in [6, 6.07) is 7.71. The van der Waals surface area contributed by atoms with Crippen LogP contribution < -0.4 is 11.1 Å². The second kappa shape index (κ2) is 7.40. The Kier molecular flexibility index (Phi) is 5.55. The Hall–Kier alpha value is -1.88. The lowest BCUT2D eigenvalue weighted by Gasteiger charge is -2.34. The van der Waals surface area contributed by atoms with Crippen LogP contribution in [0.2, 0.25) is 0 Å². The van der Waals surface area contributed by atoms with Gasteiger partial charge in [-0.1, -0.05) is 19.1 Å². The predicted octanol–water partition coefficient (Wildman–Crippen LogP) is 1.77. The predicted molar refractivity (Wildman–Crippen MR) is 87.4 cm³/mol. The zero-order valence-corrected chi connectivity index (χ0v) is 13.3. The van der Waals surface area contributed by atoms with Crippen molar-refractivity contribution in [2.75, 3.05) is 18.4 Å². The third-order valence-electron chi connectivity index (χ3n) is 4.49. The highest BCUT2D eigenvalue weighted by molar-refractivity contribution is 5.94. The largest absolute Gasteiger partial charge is 0.369 e. The van der Waals surface area contributed by atoms with Gasteiger partial charge in [0.15, 0.2) is 0 Å². The van der Waals surface area contributed by atoms with Crippen molar-refractivity contribution in [2.45, 2.75) is 39.2 Å². The van der Waals surface area contributed by atoms with Gasteiger partial charge in [-0.3, -0.25) is 14.5 Å². The van der Waals surface area contributed by atoms with Gasteiger partial charge in [0.25, 0.3) is 0 Å². The molecule has 1 aliphatic heterocycles. The van der Waals surface area contributed by atoms with Gasteiger partial charge in [0.1, 0.15) is 0 Å². The molecule has 1 saturated heterocycles. The van der Waals surface area contributed by atoms with Crippen molar-refractivity contribution in [3.8, 4) is 0 Å². The number of aryl methyl sites for hydroxylation is 1. The van der Waals surface area contributed by atoms with Crippen LogP contribution in [0.1, 0.15) is 32.3 Å². The molecule has 120 valence electrons. The van der Waals surface area contributed by atoms with E-state index < -0.39 is 0 Å². The van der Waals surface area contributed by atoms with Gasteiger partial charge in [-0.2, -0.15) is 0 Å². The molecule has 1 fully saturated rings. The molecule has 22 heavy (non-hydrogen) atoms. The molecule has 0 bridgehead atoms. The number of piperidine rings is 1. The van der Waals surface area contributed by atoms with Crippen molar-refractivity contribution in [1.29, 1.82) is 0 Å². The van der Waals surface area contributed by atoms with Gasteiger partial charge in [-0.05, 0) is 57.0 Å². The molecule has 1 heterocycles. The van der Waals surface area contributed by atoms with Gasteiger partial charge in [-0.15, -0.1) is 0 Å². The summed E-state index contributed by atoms with van der Waals surface area (Å²) in [7, 11) is 0. The molecule has 3 N–H and O–H groups in total. The van der Waals surface area contributed by atoms with E-state index in [4.69, 9.17) is 5.73 Å². The standard InChI is InChI=1S/C17H25N3O2/c1-3-13-4-6-15(7-5-13)19-17(22)12(2)20-10-8-14(9-11-20)16(18)21/h4-7,12,14H,3,8-11H2,1-2H3,(H2,18,21)(H,19,22)/t12-/m1/s1. The average molecular weight is 303 g/mol. The summed E-state index contributed by atoms with van der Waals surface area (Å²) in [6.07, 6.45) is 2.45. The number of anilines is 1. The lowest BCUT2D eigenvalue weighted by molar-refractivity contribution is -0.124. The van der Waals surface area contributed by atoms with E-state index in [0.717, 1.165) is 38.0 Å². The number of benzene rings is 1. The summed E-state index contributed by atoms with van der Waals surface area (Å²) in [5, 5.41) is 2.95. The van der Waals surface area contributed by atoms with E-state index in [1.807, 2.05) is 31.2 Å². The van der Waals surface area contributed by atoms with Crippen LogP contribution in [0.25, 0.3) is 0 Å². The number of rotatable bonds is 5. The van der Waals surface area contributed by atoms with Crippen molar-refractivity contribution in [1.82, 2.24) is 4.90 Å². The summed E-state index contributed by atoms with van der Waals surface area (Å²) in [5.41, 5.74) is 7.41. The number of primary amides is 1. The number of hydrogen-bond acceptors (Lipinski definition) is 3. The lowest BCUT2D eigenvalue weighted by atomic mass is 9.95. The van der Waals surface area contributed by atoms with E-state index in [2.05, 4.69) is 17.1 Å². The molecule has 5 heteroatoms. The van der Waals surface area contributed by atoms with Gasteiger partial charge < -0.3 is 11.1 Å². The molecule has 0 spiro atoms. The molecule has 2 rings (SSSR count). The molecule has 0 radical (unpaired) electrons. The molecule has 0 aliphatic carbocycles. The molecular weight excluding hydrogens is 278 g/mol. The van der Waals surface area contributed by atoms with E-state index in [1.165, 1.54) is 5.56 Å². The van der Waals surface area contributed by atoms with Gasteiger partial charge in [0, 0.05) is 11.6 Å². The number of likely N-dealkylation sites (tertiary alicyclic amines) is 1. The van der Waals surface area contributed by atoms with Crippen molar-refractivity contribution >= 4 is 17.5 Å². The minimum absolute atomic E-state index is 0.0122. The smallest absolute Gasteiger partial charge is 0.241 e. The van der Waals surface area contributed by atoms with Crippen LogP contribution in [0, 0.1) is 5.92 Å². The summed E-state index contributed by atoms with van der Waals surface area (Å²) >= 11 is 0. The summed E-state index contributed by atoms with van der Waals surface area (Å²) in [4.78, 5) is 25.6. The Morgan fingerprint density at radius 1 is 1.27 bits per heavy atom. The molecule has 0 saturated carbocycles. The SMILES string of the molecule is CCc1ccc(NC(=O)[C@@H](C)N2CCC(C(N)=O)CC2)cc1. The maximum absolute atomic E-state index is 12.3. The van der Waals surface area contributed by atoms with E-state index in [9.17, 15) is 9.59 Å². The number of amides is 2. The highest BCUT2D eigenvalue weighted by atomic mass is 16.2. The van der Waals surface area contributed by atoms with Crippen LogP contribution in [-0.4, -0.2) is 35.8 Å². The first kappa shape index (κ1) is 16.5. The Morgan fingerprint density at radius 3 is 2.36 bits per heavy atom. The van der Waals surface area contributed by atoms with Crippen LogP contribution in [0.4, 0.5) is 5.69 Å². The first-order valence-electron chi connectivity index (χ1n) is 7.94. The third-order valence-corrected chi connectivity index (χ3v) is 4.49. The van der Waals surface area contributed by atoms with E-state index in [1.54, 1.807) is 0 Å². The van der Waals surface area contributed by atoms with Crippen molar-refractivity contribution < 1.29 is 9.59 Å². The van der Waals surface area contributed by atoms with Gasteiger partial charge >= 0.3 is 0 Å². The molecule has 2 amide bonds. The summed E-state index contributed by atoms with van der Waals surface area (Å²) in [5.74, 6) is -0.289. The second-order valence-electron chi connectivity index (χ2n) is 5.93. The summed E-state index contributed by atoms with van der Waals surface area (Å²) in [6.45, 7) is 5.47. The molecule has 1 aromatic carbocycles. The number of nitrogens with zero attached hydrogens (tertiary/aromatic N) is 1. The van der Waals surface area contributed by atoms with Crippen LogP contribution in [0.5, 0.6) is 0 Å². The minimum atomic E-state index is -0.229. The quantitative estimate of drug-likeness (QED) is 0.870. The number of hydrogen-bond donors (Lipinski definition) is 2. The average Bonchev–Trinajstić information content (AvgIpc) is 2.55. The summed E-state index contributed by atoms with van der Waals surface area (Å²) < 4.78 is 0. The topological polar surface area (TPSA) is 75.4 Å². The molecule has 1 aliphatic rings. The van der Waals surface area contributed by atoms with Crippen LogP contribution in [0.15, 0.2) is 24.3 Å². The first-order chi connectivity index (χ1) is 10.5. The van der Waals surface area contributed by atoms with Crippen molar-refractivity contribution in [3.63, 3.8) is 0 Å². The molecule has 0 unspecified atom stereocenters. The van der Waals surface area contributed by atoms with Gasteiger partial charge in [0.05, 0.1) is 6.04 Å². The molecular formula is C17H25N3O2.